The number of halogens is 2. The Kier molecular flexibility index (Phi) is 4.45. The minimum absolute atomic E-state index is 0.0457. The average molecular weight is 267 g/mol. The van der Waals surface area contributed by atoms with Gasteiger partial charge in [-0.3, -0.25) is 0 Å². The minimum Gasteiger partial charge on any atom is -0.490 e. The zero-order valence-electron chi connectivity index (χ0n) is 7.56. The Morgan fingerprint density at radius 1 is 1.27 bits per heavy atom. The van der Waals surface area contributed by atoms with Gasteiger partial charge in [-0.05, 0) is 30.3 Å². The molecule has 82 valence electrons. The van der Waals surface area contributed by atoms with E-state index in [1.54, 1.807) is 6.08 Å². The summed E-state index contributed by atoms with van der Waals surface area (Å²) in [6.07, 6.45) is 1.62. The van der Waals surface area contributed by atoms with Crippen LogP contribution in [0.4, 0.5) is 0 Å². The second-order valence-electron chi connectivity index (χ2n) is 2.58. The molecule has 1 rings (SSSR count). The van der Waals surface area contributed by atoms with Crippen molar-refractivity contribution in [3.05, 3.63) is 35.9 Å². The lowest BCUT2D eigenvalue weighted by molar-refractivity contribution is 0.363. The van der Waals surface area contributed by atoms with E-state index in [-0.39, 0.29) is 4.90 Å². The van der Waals surface area contributed by atoms with E-state index in [9.17, 15) is 8.42 Å². The molecule has 0 atom stereocenters. The predicted octanol–water partition coefficient (Wildman–Crippen LogP) is 2.75. The zero-order valence-corrected chi connectivity index (χ0v) is 9.89. The number of benzene rings is 1. The molecule has 0 spiro atoms. The summed E-state index contributed by atoms with van der Waals surface area (Å²) >= 11 is 5.30. The lowest BCUT2D eigenvalue weighted by atomic mass is 10.3. The summed E-state index contributed by atoms with van der Waals surface area (Å²) in [6.45, 7) is 0.330. The average Bonchev–Trinajstić information content (AvgIpc) is 2.18. The van der Waals surface area contributed by atoms with Gasteiger partial charge in [-0.1, -0.05) is 11.6 Å². The Labute approximate surface area is 97.7 Å². The Bertz CT molecular complexity index is 437. The van der Waals surface area contributed by atoms with Crippen molar-refractivity contribution in [3.63, 3.8) is 0 Å². The van der Waals surface area contributed by atoms with E-state index in [2.05, 4.69) is 0 Å². The zero-order chi connectivity index (χ0) is 11.3. The molecule has 0 unspecified atom stereocenters. The first kappa shape index (κ1) is 12.4. The van der Waals surface area contributed by atoms with Crippen molar-refractivity contribution in [2.75, 3.05) is 6.61 Å². The molecule has 0 amide bonds. The van der Waals surface area contributed by atoms with E-state index >= 15 is 0 Å². The van der Waals surface area contributed by atoms with Crippen LogP contribution in [0.25, 0.3) is 0 Å². The first-order valence-corrected chi connectivity index (χ1v) is 6.71. The second-order valence-corrected chi connectivity index (χ2v) is 5.40. The third-order valence-electron chi connectivity index (χ3n) is 1.54. The molecule has 0 saturated carbocycles. The van der Waals surface area contributed by atoms with Gasteiger partial charge in [0.15, 0.2) is 0 Å². The van der Waals surface area contributed by atoms with Crippen LogP contribution in [0.15, 0.2) is 40.8 Å². The fraction of sp³-hybridized carbons (Fsp3) is 0.111. The lowest BCUT2D eigenvalue weighted by Gasteiger charge is -2.02. The quantitative estimate of drug-likeness (QED) is 0.788. The molecule has 0 fully saturated rings. The van der Waals surface area contributed by atoms with Crippen LogP contribution in [0.2, 0.25) is 0 Å². The maximum atomic E-state index is 10.9. The van der Waals surface area contributed by atoms with E-state index in [0.717, 1.165) is 0 Å². The van der Waals surface area contributed by atoms with Gasteiger partial charge in [0.25, 0.3) is 9.05 Å². The molecule has 0 aromatic heterocycles. The van der Waals surface area contributed by atoms with Crippen LogP contribution < -0.4 is 4.74 Å². The third kappa shape index (κ3) is 4.11. The Hall–Kier alpha value is -0.710. The Balaban J connectivity index is 2.73. The van der Waals surface area contributed by atoms with Crippen LogP contribution in [0.3, 0.4) is 0 Å². The molecule has 0 aliphatic heterocycles. The monoisotopic (exact) mass is 266 g/mol. The van der Waals surface area contributed by atoms with Crippen molar-refractivity contribution in [1.82, 2.24) is 0 Å². The molecule has 0 heterocycles. The fourth-order valence-corrected chi connectivity index (χ4v) is 1.72. The van der Waals surface area contributed by atoms with E-state index in [1.807, 2.05) is 0 Å². The summed E-state index contributed by atoms with van der Waals surface area (Å²) in [5.41, 5.74) is 1.34. The normalized spacial score (nSPS) is 11.9. The van der Waals surface area contributed by atoms with E-state index in [0.29, 0.717) is 12.4 Å². The highest BCUT2D eigenvalue weighted by Gasteiger charge is 2.08. The Morgan fingerprint density at radius 3 is 2.33 bits per heavy atom. The number of hydrogen-bond donors (Lipinski definition) is 0. The van der Waals surface area contributed by atoms with E-state index in [4.69, 9.17) is 27.0 Å². The number of ether oxygens (including phenoxy) is 1. The summed E-state index contributed by atoms with van der Waals surface area (Å²) in [7, 11) is 1.48. The summed E-state index contributed by atoms with van der Waals surface area (Å²) < 4.78 is 27.0. The van der Waals surface area contributed by atoms with Gasteiger partial charge in [0.05, 0.1) is 4.90 Å². The molecule has 0 aliphatic rings. The van der Waals surface area contributed by atoms with Gasteiger partial charge in [0, 0.05) is 16.2 Å². The van der Waals surface area contributed by atoms with Crippen LogP contribution in [0.5, 0.6) is 5.75 Å². The van der Waals surface area contributed by atoms with Crippen LogP contribution >= 0.6 is 22.3 Å². The highest BCUT2D eigenvalue weighted by Crippen LogP contribution is 2.18. The summed E-state index contributed by atoms with van der Waals surface area (Å²) in [6, 6.07) is 5.80. The SMILES string of the molecule is O=S(=O)(Cl)c1ccc(OC/C=C/Cl)cc1. The highest BCUT2D eigenvalue weighted by molar-refractivity contribution is 8.13. The highest BCUT2D eigenvalue weighted by atomic mass is 35.7. The van der Waals surface area contributed by atoms with Crippen molar-refractivity contribution in [1.29, 1.82) is 0 Å². The maximum absolute atomic E-state index is 10.9. The van der Waals surface area contributed by atoms with Gasteiger partial charge < -0.3 is 4.74 Å². The van der Waals surface area contributed by atoms with Gasteiger partial charge in [-0.2, -0.15) is 0 Å². The largest absolute Gasteiger partial charge is 0.490 e. The molecule has 0 aliphatic carbocycles. The standard InChI is InChI=1S/C9H8Cl2O3S/c10-6-1-7-14-8-2-4-9(5-3-8)15(11,12)13/h1-6H,7H2/b6-1+. The number of hydrogen-bond acceptors (Lipinski definition) is 3. The van der Waals surface area contributed by atoms with Crippen molar-refractivity contribution in [3.8, 4) is 5.75 Å². The molecule has 1 aromatic rings. The van der Waals surface area contributed by atoms with Crippen LogP contribution in [0.1, 0.15) is 0 Å². The molecule has 15 heavy (non-hydrogen) atoms. The van der Waals surface area contributed by atoms with Crippen molar-refractivity contribution >= 4 is 31.3 Å². The molecule has 1 aromatic carbocycles. The minimum atomic E-state index is -3.66. The van der Waals surface area contributed by atoms with Crippen LogP contribution in [0, 0.1) is 0 Å². The van der Waals surface area contributed by atoms with Gasteiger partial charge in [-0.25, -0.2) is 8.42 Å². The van der Waals surface area contributed by atoms with Gasteiger partial charge in [-0.15, -0.1) is 0 Å². The smallest absolute Gasteiger partial charge is 0.261 e. The van der Waals surface area contributed by atoms with Crippen molar-refractivity contribution < 1.29 is 13.2 Å². The summed E-state index contributed by atoms with van der Waals surface area (Å²) in [5.74, 6) is 0.550. The molecule has 3 nitrogen and oxygen atoms in total. The van der Waals surface area contributed by atoms with Gasteiger partial charge in [0.2, 0.25) is 0 Å². The van der Waals surface area contributed by atoms with Crippen LogP contribution in [-0.4, -0.2) is 15.0 Å². The van der Waals surface area contributed by atoms with E-state index in [1.165, 1.54) is 29.8 Å². The molecular formula is C9H8Cl2O3S. The first-order chi connectivity index (χ1) is 7.04. The molecule has 0 saturated heterocycles. The Morgan fingerprint density at radius 2 is 1.87 bits per heavy atom. The lowest BCUT2D eigenvalue weighted by Crippen LogP contribution is -1.94. The third-order valence-corrected chi connectivity index (χ3v) is 3.09. The molecule has 0 radical (unpaired) electrons. The number of rotatable bonds is 4. The topological polar surface area (TPSA) is 43.4 Å². The van der Waals surface area contributed by atoms with Crippen molar-refractivity contribution in [2.45, 2.75) is 4.90 Å². The maximum Gasteiger partial charge on any atom is 0.261 e. The molecular weight excluding hydrogens is 259 g/mol. The summed E-state index contributed by atoms with van der Waals surface area (Å²) in [4.78, 5) is 0.0457. The fourth-order valence-electron chi connectivity index (χ4n) is 0.879. The molecule has 6 heteroatoms. The predicted molar refractivity (Wildman–Crippen MR) is 60.0 cm³/mol. The molecule has 0 bridgehead atoms. The van der Waals surface area contributed by atoms with Gasteiger partial charge >= 0.3 is 0 Å². The first-order valence-electron chi connectivity index (χ1n) is 3.97. The summed E-state index contributed by atoms with van der Waals surface area (Å²) in [5, 5.41) is 0. The van der Waals surface area contributed by atoms with E-state index < -0.39 is 9.05 Å². The van der Waals surface area contributed by atoms with Crippen molar-refractivity contribution in [2.24, 2.45) is 0 Å². The molecule has 0 N–H and O–H groups in total. The van der Waals surface area contributed by atoms with Crippen LogP contribution in [-0.2, 0) is 9.05 Å². The second kappa shape index (κ2) is 5.39. The van der Waals surface area contributed by atoms with Gasteiger partial charge in [0.1, 0.15) is 12.4 Å².